The van der Waals surface area contributed by atoms with Crippen LogP contribution in [0.3, 0.4) is 0 Å². The minimum Gasteiger partial charge on any atom is -0.351 e. The molecule has 0 spiro atoms. The topological polar surface area (TPSA) is 91.4 Å². The summed E-state index contributed by atoms with van der Waals surface area (Å²) < 4.78 is 0. The van der Waals surface area contributed by atoms with Crippen molar-refractivity contribution in [1.82, 2.24) is 20.5 Å². The first-order valence-electron chi connectivity index (χ1n) is 12.0. The molecular weight excluding hydrogens is 460 g/mol. The summed E-state index contributed by atoms with van der Waals surface area (Å²) in [6.45, 7) is 0.0171. The molecule has 3 amide bonds. The van der Waals surface area contributed by atoms with Crippen molar-refractivity contribution in [3.63, 3.8) is 0 Å². The number of carbonyl (C=O) groups excluding carboxylic acids is 3. The zero-order valence-electron chi connectivity index (χ0n) is 19.6. The van der Waals surface area contributed by atoms with Crippen molar-refractivity contribution in [2.24, 2.45) is 0 Å². The average molecular weight is 491 g/mol. The summed E-state index contributed by atoms with van der Waals surface area (Å²) in [6, 6.07) is 15.9. The number of carbonyl (C=O) groups is 3. The predicted octanol–water partition coefficient (Wildman–Crippen LogP) is 4.09. The summed E-state index contributed by atoms with van der Waals surface area (Å²) >= 11 is 1.31. The van der Waals surface area contributed by atoms with Crippen molar-refractivity contribution >= 4 is 29.1 Å². The molecule has 1 fully saturated rings. The van der Waals surface area contributed by atoms with Crippen LogP contribution in [0.1, 0.15) is 58.9 Å². The Morgan fingerprint density at radius 3 is 2.49 bits per heavy atom. The molecule has 0 radical (unpaired) electrons. The van der Waals surface area contributed by atoms with E-state index in [1.807, 2.05) is 41.8 Å². The summed E-state index contributed by atoms with van der Waals surface area (Å²) in [6.07, 6.45) is 8.50. The van der Waals surface area contributed by atoms with E-state index in [-0.39, 0.29) is 36.9 Å². The summed E-state index contributed by atoms with van der Waals surface area (Å²) in [5.41, 5.74) is 1.53. The van der Waals surface area contributed by atoms with Crippen molar-refractivity contribution in [2.75, 3.05) is 6.54 Å². The van der Waals surface area contributed by atoms with Crippen molar-refractivity contribution in [1.29, 1.82) is 0 Å². The predicted molar refractivity (Wildman–Crippen MR) is 136 cm³/mol. The van der Waals surface area contributed by atoms with Gasteiger partial charge in [-0.2, -0.15) is 0 Å². The third kappa shape index (κ3) is 6.76. The van der Waals surface area contributed by atoms with E-state index in [2.05, 4.69) is 15.6 Å². The molecule has 1 atom stereocenters. The molecule has 182 valence electrons. The molecule has 2 N–H and O–H groups in total. The molecule has 1 aromatic carbocycles. The lowest BCUT2D eigenvalue weighted by Crippen LogP contribution is -2.49. The van der Waals surface area contributed by atoms with Gasteiger partial charge in [-0.05, 0) is 35.9 Å². The molecule has 8 heteroatoms. The second-order valence-electron chi connectivity index (χ2n) is 8.70. The Bertz CT molecular complexity index is 1100. The number of nitrogens with one attached hydrogen (secondary N) is 2. The maximum atomic E-state index is 13.7. The third-order valence-electron chi connectivity index (χ3n) is 6.17. The monoisotopic (exact) mass is 490 g/mol. The summed E-state index contributed by atoms with van der Waals surface area (Å²) in [5, 5.41) is 7.70. The molecule has 7 nitrogen and oxygen atoms in total. The van der Waals surface area contributed by atoms with Gasteiger partial charge in [0.1, 0.15) is 6.04 Å². The van der Waals surface area contributed by atoms with Crippen LogP contribution in [0, 0.1) is 0 Å². The van der Waals surface area contributed by atoms with Gasteiger partial charge in [0, 0.05) is 30.5 Å². The van der Waals surface area contributed by atoms with Crippen molar-refractivity contribution < 1.29 is 14.4 Å². The van der Waals surface area contributed by atoms with Gasteiger partial charge >= 0.3 is 0 Å². The number of benzene rings is 1. The fourth-order valence-electron chi connectivity index (χ4n) is 4.39. The van der Waals surface area contributed by atoms with E-state index in [4.69, 9.17) is 0 Å². The van der Waals surface area contributed by atoms with E-state index < -0.39 is 6.04 Å². The molecule has 2 aromatic heterocycles. The van der Waals surface area contributed by atoms with Gasteiger partial charge in [-0.3, -0.25) is 19.4 Å². The van der Waals surface area contributed by atoms with Gasteiger partial charge in [-0.1, -0.05) is 61.7 Å². The lowest BCUT2D eigenvalue weighted by Gasteiger charge is -2.33. The third-order valence-corrected chi connectivity index (χ3v) is 7.04. The highest BCUT2D eigenvalue weighted by molar-refractivity contribution is 7.12. The fourth-order valence-corrected chi connectivity index (χ4v) is 5.03. The van der Waals surface area contributed by atoms with E-state index in [1.165, 1.54) is 17.8 Å². The van der Waals surface area contributed by atoms with E-state index in [0.29, 0.717) is 10.4 Å². The Balaban J connectivity index is 1.60. The van der Waals surface area contributed by atoms with Crippen molar-refractivity contribution in [3.8, 4) is 0 Å². The van der Waals surface area contributed by atoms with Gasteiger partial charge in [-0.15, -0.1) is 11.3 Å². The Labute approximate surface area is 209 Å². The van der Waals surface area contributed by atoms with Gasteiger partial charge in [-0.25, -0.2) is 0 Å². The highest BCUT2D eigenvalue weighted by Gasteiger charge is 2.33. The van der Waals surface area contributed by atoms with Crippen LogP contribution in [0.15, 0.2) is 72.4 Å². The Morgan fingerprint density at radius 2 is 1.80 bits per heavy atom. The first-order valence-corrected chi connectivity index (χ1v) is 12.8. The quantitative estimate of drug-likeness (QED) is 0.473. The van der Waals surface area contributed by atoms with E-state index in [9.17, 15) is 14.4 Å². The summed E-state index contributed by atoms with van der Waals surface area (Å²) in [7, 11) is 0. The van der Waals surface area contributed by atoms with E-state index in [0.717, 1.165) is 31.2 Å². The number of amides is 3. The first kappa shape index (κ1) is 24.6. The van der Waals surface area contributed by atoms with Crippen LogP contribution in [-0.4, -0.2) is 40.2 Å². The number of thiophene rings is 1. The maximum Gasteiger partial charge on any atom is 0.261 e. The van der Waals surface area contributed by atoms with E-state index in [1.54, 1.807) is 35.5 Å². The summed E-state index contributed by atoms with van der Waals surface area (Å²) in [4.78, 5) is 45.9. The molecule has 4 rings (SSSR count). The smallest absolute Gasteiger partial charge is 0.261 e. The molecule has 0 bridgehead atoms. The Morgan fingerprint density at radius 1 is 1.00 bits per heavy atom. The number of rotatable bonds is 9. The van der Waals surface area contributed by atoms with Crippen molar-refractivity contribution in [2.45, 2.75) is 50.7 Å². The minimum atomic E-state index is -0.864. The summed E-state index contributed by atoms with van der Waals surface area (Å²) in [5.74, 6) is -0.872. The van der Waals surface area contributed by atoms with E-state index >= 15 is 0 Å². The van der Waals surface area contributed by atoms with Gasteiger partial charge in [0.05, 0.1) is 11.4 Å². The van der Waals surface area contributed by atoms with Gasteiger partial charge in [0.25, 0.3) is 5.91 Å². The molecule has 35 heavy (non-hydrogen) atoms. The molecular formula is C27H30N4O3S. The molecule has 0 saturated heterocycles. The lowest BCUT2D eigenvalue weighted by atomic mass is 9.94. The van der Waals surface area contributed by atoms with Crippen LogP contribution in [0.5, 0.6) is 0 Å². The van der Waals surface area contributed by atoms with Gasteiger partial charge in [0.15, 0.2) is 0 Å². The molecule has 3 aromatic rings. The number of hydrogen-bond donors (Lipinski definition) is 2. The molecule has 0 aliphatic heterocycles. The van der Waals surface area contributed by atoms with Crippen LogP contribution >= 0.6 is 11.3 Å². The molecule has 1 saturated carbocycles. The number of hydrogen-bond acceptors (Lipinski definition) is 5. The molecule has 1 aliphatic rings. The van der Waals surface area contributed by atoms with Gasteiger partial charge in [0.2, 0.25) is 11.8 Å². The van der Waals surface area contributed by atoms with Crippen LogP contribution in [0.4, 0.5) is 0 Å². The van der Waals surface area contributed by atoms with Crippen LogP contribution in [0.25, 0.3) is 0 Å². The minimum absolute atomic E-state index is 0.0997. The van der Waals surface area contributed by atoms with Crippen LogP contribution < -0.4 is 10.6 Å². The number of pyridine rings is 1. The first-order chi connectivity index (χ1) is 17.1. The number of nitrogens with zero attached hydrogens (tertiary/aromatic N) is 2. The second kappa shape index (κ2) is 12.3. The second-order valence-corrected chi connectivity index (χ2v) is 9.65. The lowest BCUT2D eigenvalue weighted by molar-refractivity contribution is -0.141. The zero-order valence-corrected chi connectivity index (χ0v) is 20.4. The largest absolute Gasteiger partial charge is 0.351 e. The maximum absolute atomic E-state index is 13.7. The molecule has 0 unspecified atom stereocenters. The van der Waals surface area contributed by atoms with Crippen LogP contribution in [-0.2, 0) is 16.1 Å². The Kier molecular flexibility index (Phi) is 8.62. The zero-order chi connectivity index (χ0) is 24.5. The Hall–Kier alpha value is -3.52. The fraction of sp³-hybridized carbons (Fsp3) is 0.333. The number of aromatic nitrogens is 1. The average Bonchev–Trinajstić information content (AvgIpc) is 3.44. The SMILES string of the molecule is O=C(NCC(=O)N(Cc1ccccc1)[C@H](C(=O)NC1CCCCC1)c1cccnc1)c1cccs1. The highest BCUT2D eigenvalue weighted by atomic mass is 32.1. The normalized spacial score (nSPS) is 14.6. The molecule has 2 heterocycles. The molecule has 1 aliphatic carbocycles. The highest BCUT2D eigenvalue weighted by Crippen LogP contribution is 2.25. The van der Waals surface area contributed by atoms with Gasteiger partial charge < -0.3 is 15.5 Å². The van der Waals surface area contributed by atoms with Crippen LogP contribution in [0.2, 0.25) is 0 Å². The standard InChI is InChI=1S/C27H30N4O3S/c32-24(18-29-26(33)23-14-8-16-35-23)31(19-20-9-3-1-4-10-20)25(21-11-7-15-28-17-21)27(34)30-22-12-5-2-6-13-22/h1,3-4,7-11,14-17,22,25H,2,5-6,12-13,18-19H2,(H,29,33)(H,30,34)/t25-/m0/s1. The van der Waals surface area contributed by atoms with Crippen molar-refractivity contribution in [3.05, 3.63) is 88.4 Å².